The number of H-pyrrole nitrogens is 1. The number of benzene rings is 1. The van der Waals surface area contributed by atoms with Crippen LogP contribution in [-0.2, 0) is 28.9 Å². The number of hydrogen-bond acceptors (Lipinski definition) is 3. The molecule has 1 aliphatic heterocycles. The molecule has 5 heteroatoms. The van der Waals surface area contributed by atoms with Gasteiger partial charge in [0.05, 0.1) is 12.5 Å². The minimum atomic E-state index is -0.731. The molecule has 148 valence electrons. The SMILES string of the molecule is O=C(O)CCN1CCc2c([nH]c3c2=CCC(OCCCc2ccccc2)C=3)C1. The largest absolute Gasteiger partial charge is 0.481 e. The second-order valence-electron chi connectivity index (χ2n) is 7.68. The van der Waals surface area contributed by atoms with E-state index in [1.165, 1.54) is 27.4 Å². The normalized spacial score (nSPS) is 18.6. The van der Waals surface area contributed by atoms with Crippen molar-refractivity contribution in [3.05, 3.63) is 57.7 Å². The van der Waals surface area contributed by atoms with E-state index in [0.29, 0.717) is 6.54 Å². The van der Waals surface area contributed by atoms with Crippen molar-refractivity contribution >= 4 is 18.1 Å². The predicted octanol–water partition coefficient (Wildman–Crippen LogP) is 1.83. The molecule has 2 heterocycles. The molecule has 0 saturated heterocycles. The highest BCUT2D eigenvalue weighted by Crippen LogP contribution is 2.15. The maximum Gasteiger partial charge on any atom is 0.304 e. The van der Waals surface area contributed by atoms with Gasteiger partial charge in [-0.05, 0) is 48.1 Å². The monoisotopic (exact) mass is 380 g/mol. The zero-order chi connectivity index (χ0) is 19.3. The fourth-order valence-corrected chi connectivity index (χ4v) is 4.19. The highest BCUT2D eigenvalue weighted by atomic mass is 16.5. The quantitative estimate of drug-likeness (QED) is 0.686. The van der Waals surface area contributed by atoms with E-state index in [-0.39, 0.29) is 12.5 Å². The van der Waals surface area contributed by atoms with Crippen LogP contribution in [0.25, 0.3) is 12.2 Å². The first-order valence-corrected chi connectivity index (χ1v) is 10.2. The van der Waals surface area contributed by atoms with Gasteiger partial charge in [0.1, 0.15) is 0 Å². The van der Waals surface area contributed by atoms with Gasteiger partial charge in [-0.3, -0.25) is 9.69 Å². The van der Waals surface area contributed by atoms with Gasteiger partial charge in [-0.1, -0.05) is 36.4 Å². The summed E-state index contributed by atoms with van der Waals surface area (Å²) in [6.45, 7) is 3.11. The zero-order valence-electron chi connectivity index (χ0n) is 16.2. The van der Waals surface area contributed by atoms with Gasteiger partial charge in [0.15, 0.2) is 0 Å². The number of hydrogen-bond donors (Lipinski definition) is 2. The lowest BCUT2D eigenvalue weighted by atomic mass is 10.0. The highest BCUT2D eigenvalue weighted by Gasteiger charge is 2.21. The predicted molar refractivity (Wildman–Crippen MR) is 109 cm³/mol. The highest BCUT2D eigenvalue weighted by molar-refractivity contribution is 5.66. The summed E-state index contributed by atoms with van der Waals surface area (Å²) in [4.78, 5) is 16.6. The zero-order valence-corrected chi connectivity index (χ0v) is 16.2. The lowest BCUT2D eigenvalue weighted by Gasteiger charge is -2.26. The summed E-state index contributed by atoms with van der Waals surface area (Å²) in [5.41, 5.74) is 4.00. The molecular weight excluding hydrogens is 352 g/mol. The van der Waals surface area contributed by atoms with E-state index in [9.17, 15) is 4.79 Å². The number of aromatic nitrogens is 1. The maximum atomic E-state index is 10.8. The van der Waals surface area contributed by atoms with Crippen molar-refractivity contribution in [1.82, 2.24) is 9.88 Å². The molecule has 5 nitrogen and oxygen atoms in total. The Hall–Kier alpha value is -2.37. The van der Waals surface area contributed by atoms with Crippen molar-refractivity contribution in [3.8, 4) is 0 Å². The number of nitrogens with zero attached hydrogens (tertiary/aromatic N) is 1. The van der Waals surface area contributed by atoms with E-state index in [1.54, 1.807) is 0 Å². The molecule has 1 atom stereocenters. The molecule has 1 aromatic carbocycles. The van der Waals surface area contributed by atoms with Crippen molar-refractivity contribution in [1.29, 1.82) is 0 Å². The van der Waals surface area contributed by atoms with Crippen LogP contribution in [0.1, 0.15) is 36.1 Å². The Morgan fingerprint density at radius 2 is 2.14 bits per heavy atom. The molecule has 0 spiro atoms. The minimum absolute atomic E-state index is 0.131. The van der Waals surface area contributed by atoms with Gasteiger partial charge in [-0.15, -0.1) is 0 Å². The van der Waals surface area contributed by atoms with Crippen molar-refractivity contribution in [2.45, 2.75) is 44.8 Å². The van der Waals surface area contributed by atoms with E-state index in [4.69, 9.17) is 9.84 Å². The smallest absolute Gasteiger partial charge is 0.304 e. The standard InChI is InChI=1S/C23H28N2O3/c26-23(27)11-13-25-12-10-20-19-9-8-18(15-21(19)24-22(20)16-25)28-14-4-7-17-5-2-1-3-6-17/h1-3,5-6,9,15,18,24H,4,7-8,10-14,16H2,(H,26,27). The minimum Gasteiger partial charge on any atom is -0.481 e. The van der Waals surface area contributed by atoms with Gasteiger partial charge < -0.3 is 14.8 Å². The summed E-state index contributed by atoms with van der Waals surface area (Å²) in [6, 6.07) is 10.5. The molecule has 2 N–H and O–H groups in total. The van der Waals surface area contributed by atoms with Crippen LogP contribution in [0.4, 0.5) is 0 Å². The number of aromatic amines is 1. The summed E-state index contributed by atoms with van der Waals surface area (Å²) in [5, 5.41) is 11.4. The van der Waals surface area contributed by atoms with E-state index < -0.39 is 5.97 Å². The van der Waals surface area contributed by atoms with Crippen LogP contribution < -0.4 is 10.6 Å². The Morgan fingerprint density at radius 3 is 2.96 bits per heavy atom. The lowest BCUT2D eigenvalue weighted by Crippen LogP contribution is -2.35. The molecule has 2 aromatic rings. The van der Waals surface area contributed by atoms with Gasteiger partial charge in [0.2, 0.25) is 0 Å². The molecule has 1 unspecified atom stereocenters. The number of nitrogens with one attached hydrogen (secondary N) is 1. The van der Waals surface area contributed by atoms with E-state index in [0.717, 1.165) is 45.4 Å². The second kappa shape index (κ2) is 8.76. The molecule has 1 aliphatic carbocycles. The molecule has 2 aliphatic rings. The molecule has 0 bridgehead atoms. The Kier molecular flexibility index (Phi) is 5.93. The first kappa shape index (κ1) is 19.0. The molecule has 0 saturated carbocycles. The van der Waals surface area contributed by atoms with Crippen LogP contribution >= 0.6 is 0 Å². The number of carboxylic acids is 1. The third-order valence-corrected chi connectivity index (χ3v) is 5.66. The van der Waals surface area contributed by atoms with Crippen molar-refractivity contribution in [2.75, 3.05) is 19.7 Å². The van der Waals surface area contributed by atoms with E-state index >= 15 is 0 Å². The second-order valence-corrected chi connectivity index (χ2v) is 7.68. The third-order valence-electron chi connectivity index (χ3n) is 5.66. The number of aryl methyl sites for hydroxylation is 1. The van der Waals surface area contributed by atoms with Crippen LogP contribution in [0.15, 0.2) is 30.3 Å². The number of ether oxygens (including phenoxy) is 1. The van der Waals surface area contributed by atoms with Gasteiger partial charge in [0.25, 0.3) is 0 Å². The molecule has 0 fully saturated rings. The van der Waals surface area contributed by atoms with Crippen LogP contribution in [0.3, 0.4) is 0 Å². The number of fused-ring (bicyclic) bond motifs is 3. The first-order chi connectivity index (χ1) is 13.7. The van der Waals surface area contributed by atoms with Gasteiger partial charge in [0, 0.05) is 37.3 Å². The van der Waals surface area contributed by atoms with Crippen molar-refractivity contribution < 1.29 is 14.6 Å². The molecule has 0 radical (unpaired) electrons. The Balaban J connectivity index is 1.34. The van der Waals surface area contributed by atoms with Gasteiger partial charge in [-0.25, -0.2) is 0 Å². The van der Waals surface area contributed by atoms with E-state index in [1.807, 2.05) is 6.07 Å². The maximum absolute atomic E-state index is 10.8. The number of rotatable bonds is 8. The summed E-state index contributed by atoms with van der Waals surface area (Å²) in [5.74, 6) is -0.731. The topological polar surface area (TPSA) is 65.6 Å². The van der Waals surface area contributed by atoms with E-state index in [2.05, 4.69) is 46.3 Å². The van der Waals surface area contributed by atoms with Crippen LogP contribution in [-0.4, -0.2) is 46.8 Å². The Bertz CT molecular complexity index is 933. The van der Waals surface area contributed by atoms with Crippen molar-refractivity contribution in [3.63, 3.8) is 0 Å². The van der Waals surface area contributed by atoms with Crippen LogP contribution in [0.2, 0.25) is 0 Å². The van der Waals surface area contributed by atoms with Crippen molar-refractivity contribution in [2.24, 2.45) is 0 Å². The summed E-state index contributed by atoms with van der Waals surface area (Å²) < 4.78 is 6.10. The average molecular weight is 380 g/mol. The Labute approximate surface area is 165 Å². The molecule has 28 heavy (non-hydrogen) atoms. The van der Waals surface area contributed by atoms with Gasteiger partial charge >= 0.3 is 5.97 Å². The average Bonchev–Trinajstić information content (AvgIpc) is 3.07. The first-order valence-electron chi connectivity index (χ1n) is 10.2. The van der Waals surface area contributed by atoms with Crippen LogP contribution in [0.5, 0.6) is 0 Å². The molecule has 4 rings (SSSR count). The molecular formula is C23H28N2O3. The lowest BCUT2D eigenvalue weighted by molar-refractivity contribution is -0.137. The fourth-order valence-electron chi connectivity index (χ4n) is 4.19. The van der Waals surface area contributed by atoms with Crippen LogP contribution in [0, 0.1) is 0 Å². The Morgan fingerprint density at radius 1 is 1.29 bits per heavy atom. The van der Waals surface area contributed by atoms with Gasteiger partial charge in [-0.2, -0.15) is 0 Å². The summed E-state index contributed by atoms with van der Waals surface area (Å²) in [7, 11) is 0. The molecule has 1 aromatic heterocycles. The fraction of sp³-hybridized carbons (Fsp3) is 0.435. The number of carboxylic acid groups (broad SMARTS) is 1. The third kappa shape index (κ3) is 4.54. The number of carbonyl (C=O) groups is 1. The molecule has 0 amide bonds. The summed E-state index contributed by atoms with van der Waals surface area (Å²) in [6.07, 6.45) is 8.84. The summed E-state index contributed by atoms with van der Waals surface area (Å²) >= 11 is 0. The number of aliphatic carboxylic acids is 1.